The van der Waals surface area contributed by atoms with E-state index in [-0.39, 0.29) is 18.4 Å². The lowest BCUT2D eigenvalue weighted by molar-refractivity contribution is 0.777. The largest absolute Gasteiger partial charge is 0.323 e. The average Bonchev–Trinajstić information content (AvgIpc) is 2.57. The molecule has 84 valence electrons. The van der Waals surface area contributed by atoms with Crippen molar-refractivity contribution < 1.29 is 0 Å². The number of hydrogen-bond donors (Lipinski definition) is 1. The minimum atomic E-state index is -0.0219. The molecule has 0 aliphatic carbocycles. The van der Waals surface area contributed by atoms with E-state index >= 15 is 0 Å². The van der Waals surface area contributed by atoms with Crippen LogP contribution in [0.2, 0.25) is 0 Å². The summed E-state index contributed by atoms with van der Waals surface area (Å²) in [5.41, 5.74) is 6.64. The number of nitrogens with zero attached hydrogens (tertiary/aromatic N) is 3. The van der Waals surface area contributed by atoms with E-state index < -0.39 is 0 Å². The smallest absolute Gasteiger partial charge is 0.212 e. The SMILES string of the molecule is CC(C)c1nn2cc(C(C)N)nc2s1.Cl. The molecule has 0 bridgehead atoms. The number of rotatable bonds is 2. The van der Waals surface area contributed by atoms with Gasteiger partial charge in [-0.2, -0.15) is 5.10 Å². The second-order valence-electron chi connectivity index (χ2n) is 3.78. The lowest BCUT2D eigenvalue weighted by Gasteiger charge is -1.97. The van der Waals surface area contributed by atoms with Gasteiger partial charge in [0.1, 0.15) is 5.01 Å². The van der Waals surface area contributed by atoms with Crippen LogP contribution >= 0.6 is 23.7 Å². The van der Waals surface area contributed by atoms with Crippen molar-refractivity contribution in [3.8, 4) is 0 Å². The Bertz CT molecular complexity index is 377. The van der Waals surface area contributed by atoms with E-state index in [1.165, 1.54) is 0 Å². The second-order valence-corrected chi connectivity index (χ2v) is 4.76. The van der Waals surface area contributed by atoms with Crippen molar-refractivity contribution in [3.05, 3.63) is 16.9 Å². The average molecular weight is 247 g/mol. The number of hydrogen-bond acceptors (Lipinski definition) is 4. The van der Waals surface area contributed by atoms with Gasteiger partial charge in [0.2, 0.25) is 4.96 Å². The van der Waals surface area contributed by atoms with E-state index in [1.807, 2.05) is 17.6 Å². The molecule has 2 N–H and O–H groups in total. The number of fused-ring (bicyclic) bond motifs is 1. The number of halogens is 1. The van der Waals surface area contributed by atoms with Crippen molar-refractivity contribution in [1.82, 2.24) is 14.6 Å². The molecule has 0 amide bonds. The lowest BCUT2D eigenvalue weighted by atomic mass is 10.2. The summed E-state index contributed by atoms with van der Waals surface area (Å²) < 4.78 is 1.82. The van der Waals surface area contributed by atoms with Crippen LogP contribution in [-0.4, -0.2) is 14.6 Å². The quantitative estimate of drug-likeness (QED) is 0.885. The lowest BCUT2D eigenvalue weighted by Crippen LogP contribution is -2.04. The minimum Gasteiger partial charge on any atom is -0.323 e. The zero-order valence-electron chi connectivity index (χ0n) is 8.97. The zero-order chi connectivity index (χ0) is 10.3. The van der Waals surface area contributed by atoms with Gasteiger partial charge in [-0.05, 0) is 6.92 Å². The molecule has 0 spiro atoms. The first-order valence-corrected chi connectivity index (χ1v) is 5.51. The van der Waals surface area contributed by atoms with Gasteiger partial charge in [0.15, 0.2) is 0 Å². The van der Waals surface area contributed by atoms with Gasteiger partial charge in [0, 0.05) is 12.0 Å². The highest BCUT2D eigenvalue weighted by Crippen LogP contribution is 2.22. The molecule has 1 atom stereocenters. The summed E-state index contributed by atoms with van der Waals surface area (Å²) in [6, 6.07) is -0.0219. The van der Waals surface area contributed by atoms with Crippen LogP contribution in [0.4, 0.5) is 0 Å². The summed E-state index contributed by atoms with van der Waals surface area (Å²) in [6.45, 7) is 6.19. The summed E-state index contributed by atoms with van der Waals surface area (Å²) >= 11 is 1.63. The fourth-order valence-corrected chi connectivity index (χ4v) is 2.07. The monoisotopic (exact) mass is 246 g/mol. The van der Waals surface area contributed by atoms with Gasteiger partial charge < -0.3 is 5.73 Å². The molecule has 2 heterocycles. The first-order chi connectivity index (χ1) is 6.58. The molecule has 0 aliphatic rings. The van der Waals surface area contributed by atoms with Crippen LogP contribution in [-0.2, 0) is 0 Å². The van der Waals surface area contributed by atoms with Crippen molar-refractivity contribution in [3.63, 3.8) is 0 Å². The molecule has 4 nitrogen and oxygen atoms in total. The summed E-state index contributed by atoms with van der Waals surface area (Å²) in [4.78, 5) is 5.34. The number of imidazole rings is 1. The zero-order valence-corrected chi connectivity index (χ0v) is 10.6. The topological polar surface area (TPSA) is 56.2 Å². The molecule has 0 radical (unpaired) electrons. The van der Waals surface area contributed by atoms with E-state index in [4.69, 9.17) is 5.73 Å². The third-order valence-corrected chi connectivity index (χ3v) is 3.26. The molecule has 1 unspecified atom stereocenters. The Morgan fingerprint density at radius 1 is 1.40 bits per heavy atom. The van der Waals surface area contributed by atoms with E-state index in [9.17, 15) is 0 Å². The third kappa shape index (κ3) is 2.30. The van der Waals surface area contributed by atoms with Crippen LogP contribution in [0.15, 0.2) is 6.20 Å². The summed E-state index contributed by atoms with van der Waals surface area (Å²) in [7, 11) is 0. The minimum absolute atomic E-state index is 0. The number of aromatic nitrogens is 3. The Balaban J connectivity index is 0.00000112. The van der Waals surface area contributed by atoms with Crippen LogP contribution < -0.4 is 5.73 Å². The van der Waals surface area contributed by atoms with Crippen molar-refractivity contribution >= 4 is 28.7 Å². The van der Waals surface area contributed by atoms with Crippen molar-refractivity contribution in [2.24, 2.45) is 5.73 Å². The highest BCUT2D eigenvalue weighted by molar-refractivity contribution is 7.16. The normalized spacial score (nSPS) is 13.1. The maximum atomic E-state index is 5.74. The molecule has 2 aromatic rings. The van der Waals surface area contributed by atoms with Crippen LogP contribution in [0.5, 0.6) is 0 Å². The molecular weight excluding hydrogens is 232 g/mol. The van der Waals surface area contributed by atoms with E-state index in [0.717, 1.165) is 15.7 Å². The maximum absolute atomic E-state index is 5.74. The van der Waals surface area contributed by atoms with Crippen LogP contribution in [0.3, 0.4) is 0 Å². The van der Waals surface area contributed by atoms with E-state index in [0.29, 0.717) is 5.92 Å². The van der Waals surface area contributed by atoms with Gasteiger partial charge in [-0.25, -0.2) is 9.50 Å². The molecule has 0 saturated heterocycles. The Morgan fingerprint density at radius 3 is 2.53 bits per heavy atom. The van der Waals surface area contributed by atoms with Gasteiger partial charge in [0.05, 0.1) is 11.9 Å². The fraction of sp³-hybridized carbons (Fsp3) is 0.556. The first kappa shape index (κ1) is 12.4. The fourth-order valence-electron chi connectivity index (χ4n) is 1.19. The van der Waals surface area contributed by atoms with E-state index in [2.05, 4.69) is 23.9 Å². The molecule has 0 fully saturated rings. The van der Waals surface area contributed by atoms with Crippen molar-refractivity contribution in [2.45, 2.75) is 32.7 Å². The van der Waals surface area contributed by atoms with Crippen LogP contribution in [0.1, 0.15) is 43.4 Å². The Hall–Kier alpha value is -0.650. The molecule has 0 aromatic carbocycles. The predicted octanol–water partition coefficient (Wildman–Crippen LogP) is 2.36. The Labute approximate surface area is 98.9 Å². The third-order valence-electron chi connectivity index (χ3n) is 2.04. The molecule has 2 aromatic heterocycles. The van der Waals surface area contributed by atoms with Crippen molar-refractivity contribution in [2.75, 3.05) is 0 Å². The molecule has 15 heavy (non-hydrogen) atoms. The predicted molar refractivity (Wildman–Crippen MR) is 64.8 cm³/mol. The standard InChI is InChI=1S/C9H14N4S.ClH/c1-5(2)8-12-13-4-7(6(3)10)11-9(13)14-8;/h4-6H,10H2,1-3H3;1H. The molecule has 6 heteroatoms. The Morgan fingerprint density at radius 2 is 2.07 bits per heavy atom. The highest BCUT2D eigenvalue weighted by atomic mass is 35.5. The van der Waals surface area contributed by atoms with Gasteiger partial charge in [-0.1, -0.05) is 25.2 Å². The molecule has 0 saturated carbocycles. The van der Waals surface area contributed by atoms with Gasteiger partial charge >= 0.3 is 0 Å². The summed E-state index contributed by atoms with van der Waals surface area (Å²) in [5, 5.41) is 5.55. The highest BCUT2D eigenvalue weighted by Gasteiger charge is 2.11. The van der Waals surface area contributed by atoms with Crippen molar-refractivity contribution in [1.29, 1.82) is 0 Å². The Kier molecular flexibility index (Phi) is 3.70. The number of nitrogens with two attached hydrogens (primary N) is 1. The van der Waals surface area contributed by atoms with Gasteiger partial charge in [0.25, 0.3) is 0 Å². The summed E-state index contributed by atoms with van der Waals surface area (Å²) in [5.74, 6) is 0.459. The first-order valence-electron chi connectivity index (χ1n) is 4.69. The van der Waals surface area contributed by atoms with Crippen LogP contribution in [0, 0.1) is 0 Å². The van der Waals surface area contributed by atoms with Gasteiger partial charge in [-0.15, -0.1) is 12.4 Å². The molecular formula is C9H15ClN4S. The molecule has 2 rings (SSSR count). The molecule has 0 aliphatic heterocycles. The van der Waals surface area contributed by atoms with Gasteiger partial charge in [-0.3, -0.25) is 0 Å². The van der Waals surface area contributed by atoms with E-state index in [1.54, 1.807) is 11.3 Å². The van der Waals surface area contributed by atoms with Crippen LogP contribution in [0.25, 0.3) is 4.96 Å². The maximum Gasteiger partial charge on any atom is 0.212 e. The summed E-state index contributed by atoms with van der Waals surface area (Å²) in [6.07, 6.45) is 1.91. The second kappa shape index (κ2) is 4.47.